The van der Waals surface area contributed by atoms with Gasteiger partial charge in [-0.15, -0.1) is 0 Å². The van der Waals surface area contributed by atoms with E-state index in [1.807, 2.05) is 0 Å². The molecular weight excluding hydrogens is 352 g/mol. The lowest BCUT2D eigenvalue weighted by molar-refractivity contribution is -0.132. The molecule has 140 valence electrons. The molecule has 1 aromatic heterocycles. The maximum absolute atomic E-state index is 12.9. The van der Waals surface area contributed by atoms with E-state index in [0.29, 0.717) is 18.2 Å². The molecule has 9 heteroatoms. The van der Waals surface area contributed by atoms with Crippen LogP contribution in [0.2, 0.25) is 0 Å². The summed E-state index contributed by atoms with van der Waals surface area (Å²) in [7, 11) is 1.47. The van der Waals surface area contributed by atoms with Crippen molar-refractivity contribution in [1.82, 2.24) is 15.6 Å². The van der Waals surface area contributed by atoms with Gasteiger partial charge in [-0.3, -0.25) is 4.99 Å². The standard InChI is InChI=1S/C17H18F4N4O/c1-22-16(24-9-7-17(19,20)21)25-11-12-6-8-23-15(10-12)26-14-4-2-13(18)3-5-14/h2-6,8,10H,7,9,11H2,1H3,(H2,22,24,25). The Morgan fingerprint density at radius 2 is 1.88 bits per heavy atom. The molecular formula is C17H18F4N4O. The number of benzene rings is 1. The summed E-state index contributed by atoms with van der Waals surface area (Å²) in [6.07, 6.45) is -3.63. The average Bonchev–Trinajstić information content (AvgIpc) is 2.59. The second-order valence-corrected chi connectivity index (χ2v) is 5.28. The first-order valence-electron chi connectivity index (χ1n) is 7.75. The van der Waals surface area contributed by atoms with Gasteiger partial charge < -0.3 is 15.4 Å². The predicted molar refractivity (Wildman–Crippen MR) is 89.6 cm³/mol. The highest BCUT2D eigenvalue weighted by Gasteiger charge is 2.26. The Morgan fingerprint density at radius 3 is 2.54 bits per heavy atom. The van der Waals surface area contributed by atoms with E-state index in [0.717, 1.165) is 5.56 Å². The van der Waals surface area contributed by atoms with E-state index in [1.54, 1.807) is 12.1 Å². The monoisotopic (exact) mass is 370 g/mol. The van der Waals surface area contributed by atoms with Crippen LogP contribution in [-0.2, 0) is 6.54 Å². The number of pyridine rings is 1. The Kier molecular flexibility index (Phi) is 6.76. The summed E-state index contributed by atoms with van der Waals surface area (Å²) in [5.41, 5.74) is 0.788. The Morgan fingerprint density at radius 1 is 1.15 bits per heavy atom. The van der Waals surface area contributed by atoms with Gasteiger partial charge in [0.1, 0.15) is 11.6 Å². The molecule has 2 aromatic rings. The van der Waals surface area contributed by atoms with E-state index >= 15 is 0 Å². The molecule has 0 bridgehead atoms. The first kappa shape index (κ1) is 19.5. The second-order valence-electron chi connectivity index (χ2n) is 5.28. The first-order chi connectivity index (χ1) is 12.4. The molecule has 0 saturated carbocycles. The minimum Gasteiger partial charge on any atom is -0.439 e. The van der Waals surface area contributed by atoms with Gasteiger partial charge in [-0.05, 0) is 35.9 Å². The zero-order chi connectivity index (χ0) is 19.0. The maximum atomic E-state index is 12.9. The van der Waals surface area contributed by atoms with Crippen LogP contribution in [0.3, 0.4) is 0 Å². The maximum Gasteiger partial charge on any atom is 0.390 e. The Balaban J connectivity index is 1.88. The molecule has 0 radical (unpaired) electrons. The van der Waals surface area contributed by atoms with Gasteiger partial charge in [0.05, 0.1) is 6.42 Å². The molecule has 2 N–H and O–H groups in total. The molecule has 5 nitrogen and oxygen atoms in total. The van der Waals surface area contributed by atoms with Crippen LogP contribution in [0.5, 0.6) is 11.6 Å². The first-order valence-corrected chi connectivity index (χ1v) is 7.75. The van der Waals surface area contributed by atoms with Gasteiger partial charge in [0, 0.05) is 32.4 Å². The summed E-state index contributed by atoms with van der Waals surface area (Å²) in [5, 5.41) is 5.50. The summed E-state index contributed by atoms with van der Waals surface area (Å²) in [6.45, 7) is 0.0481. The van der Waals surface area contributed by atoms with Crippen LogP contribution in [0, 0.1) is 5.82 Å². The Bertz CT molecular complexity index is 732. The van der Waals surface area contributed by atoms with E-state index in [4.69, 9.17) is 4.74 Å². The van der Waals surface area contributed by atoms with Gasteiger partial charge in [0.25, 0.3) is 0 Å². The Hall–Kier alpha value is -2.84. The zero-order valence-electron chi connectivity index (χ0n) is 14.0. The second kappa shape index (κ2) is 9.02. The van der Waals surface area contributed by atoms with Crippen molar-refractivity contribution < 1.29 is 22.3 Å². The number of rotatable bonds is 6. The lowest BCUT2D eigenvalue weighted by atomic mass is 10.2. The van der Waals surface area contributed by atoms with E-state index in [2.05, 4.69) is 20.6 Å². The van der Waals surface area contributed by atoms with Crippen molar-refractivity contribution in [1.29, 1.82) is 0 Å². The minimum atomic E-state index is -4.22. The predicted octanol–water partition coefficient (Wildman–Crippen LogP) is 3.63. The number of halogens is 4. The number of guanidine groups is 1. The van der Waals surface area contributed by atoms with E-state index in [-0.39, 0.29) is 18.3 Å². The number of hydrogen-bond donors (Lipinski definition) is 2. The SMILES string of the molecule is CN=C(NCCC(F)(F)F)NCc1ccnc(Oc2ccc(F)cc2)c1. The number of nitrogens with one attached hydrogen (secondary N) is 2. The van der Waals surface area contributed by atoms with Crippen LogP contribution in [0.4, 0.5) is 17.6 Å². The highest BCUT2D eigenvalue weighted by atomic mass is 19.4. The van der Waals surface area contributed by atoms with Crippen molar-refractivity contribution in [3.63, 3.8) is 0 Å². The van der Waals surface area contributed by atoms with Gasteiger partial charge in [0.2, 0.25) is 5.88 Å². The molecule has 0 aliphatic heterocycles. The lowest BCUT2D eigenvalue weighted by Crippen LogP contribution is -2.38. The van der Waals surface area contributed by atoms with E-state index in [1.165, 1.54) is 37.5 Å². The number of aliphatic imine (C=N–C) groups is 1. The van der Waals surface area contributed by atoms with Crippen molar-refractivity contribution in [2.75, 3.05) is 13.6 Å². The number of ether oxygens (including phenoxy) is 1. The fraction of sp³-hybridized carbons (Fsp3) is 0.294. The summed E-state index contributed by atoms with van der Waals surface area (Å²) in [6, 6.07) is 8.91. The van der Waals surface area contributed by atoms with Crippen LogP contribution >= 0.6 is 0 Å². The van der Waals surface area contributed by atoms with Crippen molar-refractivity contribution in [3.8, 4) is 11.6 Å². The molecule has 1 heterocycles. The Labute approximate surface area is 148 Å². The number of aromatic nitrogens is 1. The quantitative estimate of drug-likeness (QED) is 0.463. The molecule has 0 aliphatic carbocycles. The molecule has 0 aliphatic rings. The lowest BCUT2D eigenvalue weighted by Gasteiger charge is -2.13. The summed E-state index contributed by atoms with van der Waals surface area (Å²) in [4.78, 5) is 7.93. The smallest absolute Gasteiger partial charge is 0.390 e. The molecule has 0 atom stereocenters. The summed E-state index contributed by atoms with van der Waals surface area (Å²) < 4.78 is 54.9. The summed E-state index contributed by atoms with van der Waals surface area (Å²) in [5.74, 6) is 0.643. The van der Waals surface area contributed by atoms with Crippen LogP contribution in [0.15, 0.2) is 47.6 Å². The third kappa shape index (κ3) is 6.96. The average molecular weight is 370 g/mol. The minimum absolute atomic E-state index is 0.257. The zero-order valence-corrected chi connectivity index (χ0v) is 14.0. The topological polar surface area (TPSA) is 58.5 Å². The third-order valence-corrected chi connectivity index (χ3v) is 3.22. The molecule has 1 aromatic carbocycles. The molecule has 0 saturated heterocycles. The van der Waals surface area contributed by atoms with Crippen LogP contribution in [0.1, 0.15) is 12.0 Å². The van der Waals surface area contributed by atoms with E-state index in [9.17, 15) is 17.6 Å². The molecule has 0 fully saturated rings. The fourth-order valence-corrected chi connectivity index (χ4v) is 1.97. The number of alkyl halides is 3. The van der Waals surface area contributed by atoms with Crippen LogP contribution in [-0.4, -0.2) is 30.7 Å². The largest absolute Gasteiger partial charge is 0.439 e. The van der Waals surface area contributed by atoms with Gasteiger partial charge in [0.15, 0.2) is 5.96 Å². The highest BCUT2D eigenvalue weighted by molar-refractivity contribution is 5.79. The fourth-order valence-electron chi connectivity index (χ4n) is 1.97. The summed E-state index contributed by atoms with van der Waals surface area (Å²) >= 11 is 0. The molecule has 2 rings (SSSR count). The van der Waals surface area contributed by atoms with Crippen molar-refractivity contribution >= 4 is 5.96 Å². The van der Waals surface area contributed by atoms with Gasteiger partial charge in [-0.25, -0.2) is 9.37 Å². The molecule has 0 unspecified atom stereocenters. The van der Waals surface area contributed by atoms with Gasteiger partial charge in [-0.1, -0.05) is 0 Å². The van der Waals surface area contributed by atoms with Crippen molar-refractivity contribution in [2.45, 2.75) is 19.1 Å². The van der Waals surface area contributed by atoms with Gasteiger partial charge >= 0.3 is 6.18 Å². The molecule has 0 amide bonds. The van der Waals surface area contributed by atoms with Crippen molar-refractivity contribution in [3.05, 3.63) is 54.0 Å². The number of nitrogens with zero attached hydrogens (tertiary/aromatic N) is 2. The van der Waals surface area contributed by atoms with Crippen LogP contribution in [0.25, 0.3) is 0 Å². The third-order valence-electron chi connectivity index (χ3n) is 3.22. The van der Waals surface area contributed by atoms with Gasteiger partial charge in [-0.2, -0.15) is 13.2 Å². The van der Waals surface area contributed by atoms with Crippen LogP contribution < -0.4 is 15.4 Å². The molecule has 26 heavy (non-hydrogen) atoms. The van der Waals surface area contributed by atoms with Crippen molar-refractivity contribution in [2.24, 2.45) is 4.99 Å². The molecule has 0 spiro atoms. The number of hydrogen-bond acceptors (Lipinski definition) is 3. The van der Waals surface area contributed by atoms with E-state index < -0.39 is 12.6 Å². The normalized spacial score (nSPS) is 12.0. The highest BCUT2D eigenvalue weighted by Crippen LogP contribution is 2.20.